The standard InChI is InChI=1S/C21H14ClNO2S/c22-18-4-1-3-16(12-18)17(14-23)11-15-6-8-19(9-7-15)25-21(24)13-20-5-2-10-26-20/h1-12H,13H2/b17-11-. The summed E-state index contributed by atoms with van der Waals surface area (Å²) in [5.74, 6) is 0.178. The molecule has 3 aromatic rings. The third-order valence-corrected chi connectivity index (χ3v) is 4.69. The molecule has 0 aliphatic heterocycles. The van der Waals surface area contributed by atoms with Crippen molar-refractivity contribution in [2.75, 3.05) is 0 Å². The number of benzene rings is 2. The first-order chi connectivity index (χ1) is 12.6. The number of allylic oxidation sites excluding steroid dienone is 1. The van der Waals surface area contributed by atoms with Crippen LogP contribution in [0.15, 0.2) is 66.0 Å². The Morgan fingerprint density at radius 2 is 1.96 bits per heavy atom. The van der Waals surface area contributed by atoms with E-state index in [1.165, 1.54) is 11.3 Å². The van der Waals surface area contributed by atoms with Crippen molar-refractivity contribution < 1.29 is 9.53 Å². The summed E-state index contributed by atoms with van der Waals surface area (Å²) in [4.78, 5) is 12.9. The van der Waals surface area contributed by atoms with E-state index in [1.807, 2.05) is 23.6 Å². The van der Waals surface area contributed by atoms with E-state index >= 15 is 0 Å². The average molecular weight is 380 g/mol. The van der Waals surface area contributed by atoms with Gasteiger partial charge >= 0.3 is 5.97 Å². The number of nitrogens with zero attached hydrogens (tertiary/aromatic N) is 1. The van der Waals surface area contributed by atoms with Crippen LogP contribution in [0.2, 0.25) is 5.02 Å². The maximum absolute atomic E-state index is 11.9. The van der Waals surface area contributed by atoms with Gasteiger partial charge in [-0.15, -0.1) is 11.3 Å². The topological polar surface area (TPSA) is 50.1 Å². The van der Waals surface area contributed by atoms with E-state index in [4.69, 9.17) is 16.3 Å². The Morgan fingerprint density at radius 3 is 2.62 bits per heavy atom. The van der Waals surface area contributed by atoms with Crippen LogP contribution in [0.4, 0.5) is 0 Å². The number of esters is 1. The third kappa shape index (κ3) is 4.82. The fourth-order valence-electron chi connectivity index (χ4n) is 2.36. The van der Waals surface area contributed by atoms with E-state index in [9.17, 15) is 10.1 Å². The highest BCUT2D eigenvalue weighted by Crippen LogP contribution is 2.22. The second-order valence-electron chi connectivity index (χ2n) is 5.48. The molecule has 0 bridgehead atoms. The van der Waals surface area contributed by atoms with E-state index in [0.29, 0.717) is 16.3 Å². The molecule has 1 heterocycles. The van der Waals surface area contributed by atoms with E-state index in [2.05, 4.69) is 6.07 Å². The zero-order valence-electron chi connectivity index (χ0n) is 13.7. The van der Waals surface area contributed by atoms with Gasteiger partial charge in [0, 0.05) is 9.90 Å². The molecule has 0 aliphatic carbocycles. The maximum atomic E-state index is 11.9. The first-order valence-electron chi connectivity index (χ1n) is 7.85. The molecule has 128 valence electrons. The van der Waals surface area contributed by atoms with Crippen LogP contribution in [0, 0.1) is 11.3 Å². The lowest BCUT2D eigenvalue weighted by molar-refractivity contribution is -0.133. The van der Waals surface area contributed by atoms with Crippen molar-refractivity contribution in [1.82, 2.24) is 0 Å². The fraction of sp³-hybridized carbons (Fsp3) is 0.0476. The van der Waals surface area contributed by atoms with Crippen LogP contribution in [0.3, 0.4) is 0 Å². The van der Waals surface area contributed by atoms with Gasteiger partial charge in [-0.1, -0.05) is 41.9 Å². The van der Waals surface area contributed by atoms with Gasteiger partial charge in [0.25, 0.3) is 0 Å². The molecule has 0 saturated heterocycles. The Balaban J connectivity index is 1.70. The van der Waals surface area contributed by atoms with E-state index < -0.39 is 0 Å². The summed E-state index contributed by atoms with van der Waals surface area (Å²) in [5, 5.41) is 11.9. The summed E-state index contributed by atoms with van der Waals surface area (Å²) >= 11 is 7.51. The number of carbonyl (C=O) groups is 1. The molecule has 26 heavy (non-hydrogen) atoms. The molecular weight excluding hydrogens is 366 g/mol. The summed E-state index contributed by atoms with van der Waals surface area (Å²) in [5.41, 5.74) is 2.10. The lowest BCUT2D eigenvalue weighted by atomic mass is 10.0. The van der Waals surface area contributed by atoms with Crippen molar-refractivity contribution in [2.45, 2.75) is 6.42 Å². The Kier molecular flexibility index (Phi) is 5.85. The summed E-state index contributed by atoms with van der Waals surface area (Å²) in [7, 11) is 0. The molecular formula is C21H14ClNO2S. The van der Waals surface area contributed by atoms with Crippen molar-refractivity contribution in [3.63, 3.8) is 0 Å². The van der Waals surface area contributed by atoms with Crippen molar-refractivity contribution in [1.29, 1.82) is 5.26 Å². The van der Waals surface area contributed by atoms with Crippen LogP contribution >= 0.6 is 22.9 Å². The number of rotatable bonds is 5. The first-order valence-corrected chi connectivity index (χ1v) is 9.10. The highest BCUT2D eigenvalue weighted by molar-refractivity contribution is 7.10. The van der Waals surface area contributed by atoms with Gasteiger partial charge < -0.3 is 4.74 Å². The minimum atomic E-state index is -0.299. The normalized spacial score (nSPS) is 11.0. The second kappa shape index (κ2) is 8.48. The average Bonchev–Trinajstić information content (AvgIpc) is 3.14. The minimum Gasteiger partial charge on any atom is -0.426 e. The summed E-state index contributed by atoms with van der Waals surface area (Å²) < 4.78 is 5.34. The number of hydrogen-bond acceptors (Lipinski definition) is 4. The summed E-state index contributed by atoms with van der Waals surface area (Å²) in [6.07, 6.45) is 2.02. The molecule has 3 nitrogen and oxygen atoms in total. The molecule has 0 N–H and O–H groups in total. The summed E-state index contributed by atoms with van der Waals surface area (Å²) in [6, 6.07) is 20.2. The van der Waals surface area contributed by atoms with Crippen molar-refractivity contribution >= 4 is 40.6 Å². The Bertz CT molecular complexity index is 970. The smallest absolute Gasteiger partial charge is 0.316 e. The number of carbonyl (C=O) groups excluding carboxylic acids is 1. The number of thiophene rings is 1. The quantitative estimate of drug-likeness (QED) is 0.250. The van der Waals surface area contributed by atoms with Crippen LogP contribution in [0.25, 0.3) is 11.6 Å². The number of ether oxygens (including phenoxy) is 1. The molecule has 0 amide bonds. The highest BCUT2D eigenvalue weighted by atomic mass is 35.5. The molecule has 1 aromatic heterocycles. The molecule has 0 saturated carbocycles. The largest absolute Gasteiger partial charge is 0.426 e. The fourth-order valence-corrected chi connectivity index (χ4v) is 3.24. The van der Waals surface area contributed by atoms with Crippen molar-refractivity contribution in [2.24, 2.45) is 0 Å². The molecule has 5 heteroatoms. The monoisotopic (exact) mass is 379 g/mol. The van der Waals surface area contributed by atoms with Gasteiger partial charge in [-0.3, -0.25) is 4.79 Å². The lowest BCUT2D eigenvalue weighted by Gasteiger charge is -2.04. The number of nitriles is 1. The van der Waals surface area contributed by atoms with Gasteiger partial charge in [0.15, 0.2) is 0 Å². The van der Waals surface area contributed by atoms with Crippen LogP contribution in [-0.4, -0.2) is 5.97 Å². The number of halogens is 1. The Morgan fingerprint density at radius 1 is 1.15 bits per heavy atom. The van der Waals surface area contributed by atoms with Gasteiger partial charge in [-0.25, -0.2) is 0 Å². The van der Waals surface area contributed by atoms with Crippen molar-refractivity contribution in [3.8, 4) is 11.8 Å². The molecule has 0 spiro atoms. The third-order valence-electron chi connectivity index (χ3n) is 3.58. The van der Waals surface area contributed by atoms with Crippen LogP contribution in [0.1, 0.15) is 16.0 Å². The van der Waals surface area contributed by atoms with E-state index in [0.717, 1.165) is 16.0 Å². The summed E-state index contributed by atoms with van der Waals surface area (Å²) in [6.45, 7) is 0. The molecule has 0 aliphatic rings. The van der Waals surface area contributed by atoms with Crippen LogP contribution < -0.4 is 4.74 Å². The van der Waals surface area contributed by atoms with E-state index in [1.54, 1.807) is 48.5 Å². The Hall–Kier alpha value is -2.87. The minimum absolute atomic E-state index is 0.257. The molecule has 0 atom stereocenters. The maximum Gasteiger partial charge on any atom is 0.316 e. The van der Waals surface area contributed by atoms with Crippen LogP contribution in [-0.2, 0) is 11.2 Å². The highest BCUT2D eigenvalue weighted by Gasteiger charge is 2.07. The van der Waals surface area contributed by atoms with Crippen LogP contribution in [0.5, 0.6) is 5.75 Å². The molecule has 2 aromatic carbocycles. The zero-order valence-corrected chi connectivity index (χ0v) is 15.3. The molecule has 0 unspecified atom stereocenters. The zero-order chi connectivity index (χ0) is 18.4. The van der Waals surface area contributed by atoms with E-state index in [-0.39, 0.29) is 12.4 Å². The SMILES string of the molecule is N#C/C(=C/c1ccc(OC(=O)Cc2cccs2)cc1)c1cccc(Cl)c1. The van der Waals surface area contributed by atoms with Gasteiger partial charge in [-0.05, 0) is 52.9 Å². The number of hydrogen-bond donors (Lipinski definition) is 0. The molecule has 3 rings (SSSR count). The van der Waals surface area contributed by atoms with Gasteiger partial charge in [0.2, 0.25) is 0 Å². The first kappa shape index (κ1) is 17.9. The predicted octanol–water partition coefficient (Wildman–Crippen LogP) is 5.61. The Labute approximate surface area is 160 Å². The van der Waals surface area contributed by atoms with Gasteiger partial charge in [-0.2, -0.15) is 5.26 Å². The second-order valence-corrected chi connectivity index (χ2v) is 6.95. The van der Waals surface area contributed by atoms with Crippen molar-refractivity contribution in [3.05, 3.63) is 87.1 Å². The molecule has 0 radical (unpaired) electrons. The predicted molar refractivity (Wildman–Crippen MR) is 105 cm³/mol. The van der Waals surface area contributed by atoms with Gasteiger partial charge in [0.1, 0.15) is 5.75 Å². The molecule has 0 fully saturated rings. The lowest BCUT2D eigenvalue weighted by Crippen LogP contribution is -2.10. The van der Waals surface area contributed by atoms with Gasteiger partial charge in [0.05, 0.1) is 18.1 Å².